The highest BCUT2D eigenvalue weighted by atomic mass is 16.6. The molecule has 0 bridgehead atoms. The Morgan fingerprint density at radius 2 is 1.62 bits per heavy atom. The van der Waals surface area contributed by atoms with Crippen molar-refractivity contribution in [2.75, 3.05) is 13.2 Å². The summed E-state index contributed by atoms with van der Waals surface area (Å²) in [4.78, 5) is 27.5. The lowest BCUT2D eigenvalue weighted by atomic mass is 9.84. The van der Waals surface area contributed by atoms with Crippen LogP contribution in [0.4, 0.5) is 4.79 Å². The van der Waals surface area contributed by atoms with E-state index in [-0.39, 0.29) is 23.9 Å². The van der Waals surface area contributed by atoms with Gasteiger partial charge >= 0.3 is 12.1 Å². The quantitative estimate of drug-likeness (QED) is 0.611. The number of hydrogen-bond acceptors (Lipinski definition) is 3. The number of carboxylic acids is 1. The van der Waals surface area contributed by atoms with E-state index >= 15 is 0 Å². The molecule has 5 nitrogen and oxygen atoms in total. The third-order valence-electron chi connectivity index (χ3n) is 7.28. The van der Waals surface area contributed by atoms with Crippen LogP contribution in [-0.4, -0.2) is 40.8 Å². The zero-order valence-corrected chi connectivity index (χ0v) is 19.4. The number of hydrogen-bond donors (Lipinski definition) is 1. The van der Waals surface area contributed by atoms with E-state index in [2.05, 4.69) is 38.1 Å². The van der Waals surface area contributed by atoms with Crippen molar-refractivity contribution in [2.24, 2.45) is 11.3 Å². The molecule has 2 aliphatic carbocycles. The number of benzene rings is 2. The van der Waals surface area contributed by atoms with Crippen molar-refractivity contribution in [3.8, 4) is 11.1 Å². The molecule has 1 fully saturated rings. The number of nitrogens with zero attached hydrogens (tertiary/aromatic N) is 1. The first kappa shape index (κ1) is 22.4. The molecule has 0 saturated heterocycles. The third kappa shape index (κ3) is 3.58. The minimum Gasteiger partial charge on any atom is -0.479 e. The second-order valence-corrected chi connectivity index (χ2v) is 10.1. The van der Waals surface area contributed by atoms with Gasteiger partial charge in [-0.15, -0.1) is 0 Å². The SMILES string of the molecule is CCCN(C(=O)OCC1c2ccccc2-c2ccccc21)C1(C(=O)O)CC(C)(C)CC1C. The molecular weight excluding hydrogens is 402 g/mol. The average Bonchev–Trinajstić information content (AvgIpc) is 3.21. The summed E-state index contributed by atoms with van der Waals surface area (Å²) in [5.41, 5.74) is 3.25. The number of amides is 1. The first-order valence-corrected chi connectivity index (χ1v) is 11.6. The number of fused-ring (bicyclic) bond motifs is 3. The molecule has 2 unspecified atom stereocenters. The number of ether oxygens (including phenoxy) is 1. The fourth-order valence-corrected chi connectivity index (χ4v) is 6.09. The maximum atomic E-state index is 13.4. The van der Waals surface area contributed by atoms with Crippen LogP contribution < -0.4 is 0 Å². The van der Waals surface area contributed by atoms with Crippen LogP contribution in [0, 0.1) is 11.3 Å². The molecule has 32 heavy (non-hydrogen) atoms. The summed E-state index contributed by atoms with van der Waals surface area (Å²) in [6.45, 7) is 8.63. The van der Waals surface area contributed by atoms with Gasteiger partial charge in [0.25, 0.3) is 0 Å². The van der Waals surface area contributed by atoms with E-state index in [1.807, 2.05) is 38.1 Å². The monoisotopic (exact) mass is 435 g/mol. The van der Waals surface area contributed by atoms with E-state index < -0.39 is 17.6 Å². The summed E-state index contributed by atoms with van der Waals surface area (Å²) >= 11 is 0. The Hall–Kier alpha value is -2.82. The molecule has 1 saturated carbocycles. The maximum Gasteiger partial charge on any atom is 0.410 e. The van der Waals surface area contributed by atoms with Gasteiger partial charge in [0, 0.05) is 12.5 Å². The maximum absolute atomic E-state index is 13.4. The molecule has 1 N–H and O–H groups in total. The minimum atomic E-state index is -1.23. The summed E-state index contributed by atoms with van der Waals surface area (Å²) in [5, 5.41) is 10.3. The van der Waals surface area contributed by atoms with Crippen LogP contribution in [0.25, 0.3) is 11.1 Å². The summed E-state index contributed by atoms with van der Waals surface area (Å²) in [5.74, 6) is -1.13. The summed E-state index contributed by atoms with van der Waals surface area (Å²) in [6.07, 6.45) is 1.34. The van der Waals surface area contributed by atoms with Crippen LogP contribution >= 0.6 is 0 Å². The van der Waals surface area contributed by atoms with Crippen LogP contribution in [0.15, 0.2) is 48.5 Å². The van der Waals surface area contributed by atoms with Gasteiger partial charge in [0.2, 0.25) is 0 Å². The summed E-state index contributed by atoms with van der Waals surface area (Å²) in [6, 6.07) is 16.4. The molecule has 2 aliphatic rings. The van der Waals surface area contributed by atoms with Crippen molar-refractivity contribution in [3.63, 3.8) is 0 Å². The largest absolute Gasteiger partial charge is 0.479 e. The lowest BCUT2D eigenvalue weighted by molar-refractivity contribution is -0.153. The van der Waals surface area contributed by atoms with Crippen LogP contribution in [0.5, 0.6) is 0 Å². The third-order valence-corrected chi connectivity index (χ3v) is 7.28. The van der Waals surface area contributed by atoms with Gasteiger partial charge in [-0.2, -0.15) is 0 Å². The topological polar surface area (TPSA) is 66.8 Å². The number of carboxylic acid groups (broad SMARTS) is 1. The van der Waals surface area contributed by atoms with E-state index in [1.165, 1.54) is 16.0 Å². The molecule has 4 rings (SSSR count). The Bertz CT molecular complexity index is 984. The smallest absolute Gasteiger partial charge is 0.410 e. The minimum absolute atomic E-state index is 0.0481. The molecule has 0 spiro atoms. The highest BCUT2D eigenvalue weighted by molar-refractivity contribution is 5.85. The molecule has 1 amide bonds. The Kier molecular flexibility index (Phi) is 5.78. The fourth-order valence-electron chi connectivity index (χ4n) is 6.09. The number of carbonyl (C=O) groups is 2. The highest BCUT2D eigenvalue weighted by Gasteiger charge is 2.59. The summed E-state index contributed by atoms with van der Waals surface area (Å²) in [7, 11) is 0. The van der Waals surface area contributed by atoms with Gasteiger partial charge < -0.3 is 9.84 Å². The zero-order chi connectivity index (χ0) is 23.1. The van der Waals surface area contributed by atoms with Crippen molar-refractivity contribution in [1.29, 1.82) is 0 Å². The number of aliphatic carboxylic acids is 1. The molecule has 2 aromatic rings. The molecule has 2 atom stereocenters. The van der Waals surface area contributed by atoms with Crippen molar-refractivity contribution in [1.82, 2.24) is 4.90 Å². The summed E-state index contributed by atoms with van der Waals surface area (Å²) < 4.78 is 5.88. The van der Waals surface area contributed by atoms with Crippen molar-refractivity contribution < 1.29 is 19.4 Å². The first-order valence-electron chi connectivity index (χ1n) is 11.6. The van der Waals surface area contributed by atoms with E-state index in [9.17, 15) is 14.7 Å². The van der Waals surface area contributed by atoms with Gasteiger partial charge in [0.05, 0.1) is 0 Å². The molecule has 2 aromatic carbocycles. The van der Waals surface area contributed by atoms with Gasteiger partial charge in [-0.1, -0.05) is 76.2 Å². The molecule has 0 radical (unpaired) electrons. The number of carbonyl (C=O) groups excluding carboxylic acids is 1. The Balaban J connectivity index is 1.60. The van der Waals surface area contributed by atoms with E-state index in [0.29, 0.717) is 19.4 Å². The van der Waals surface area contributed by atoms with Crippen molar-refractivity contribution in [3.05, 3.63) is 59.7 Å². The second-order valence-electron chi connectivity index (χ2n) is 10.1. The van der Waals surface area contributed by atoms with Crippen LogP contribution in [0.2, 0.25) is 0 Å². The van der Waals surface area contributed by atoms with Crippen molar-refractivity contribution in [2.45, 2.75) is 58.4 Å². The average molecular weight is 436 g/mol. The van der Waals surface area contributed by atoms with Crippen LogP contribution in [0.3, 0.4) is 0 Å². The molecule has 0 aliphatic heterocycles. The molecule has 0 aromatic heterocycles. The lowest BCUT2D eigenvalue weighted by Crippen LogP contribution is -2.59. The van der Waals surface area contributed by atoms with Crippen molar-refractivity contribution >= 4 is 12.1 Å². The van der Waals surface area contributed by atoms with E-state index in [4.69, 9.17) is 4.74 Å². The van der Waals surface area contributed by atoms with E-state index in [1.54, 1.807) is 0 Å². The van der Waals surface area contributed by atoms with E-state index in [0.717, 1.165) is 17.5 Å². The lowest BCUT2D eigenvalue weighted by Gasteiger charge is -2.40. The van der Waals surface area contributed by atoms with Crippen LogP contribution in [-0.2, 0) is 9.53 Å². The predicted octanol–water partition coefficient (Wildman–Crippen LogP) is 5.93. The predicted molar refractivity (Wildman–Crippen MR) is 125 cm³/mol. The fraction of sp³-hybridized carbons (Fsp3) is 0.481. The second kappa shape index (κ2) is 8.27. The van der Waals surface area contributed by atoms with Gasteiger partial charge in [-0.25, -0.2) is 9.59 Å². The number of rotatable bonds is 6. The first-order chi connectivity index (χ1) is 15.2. The van der Waals surface area contributed by atoms with Gasteiger partial charge in [0.1, 0.15) is 12.1 Å². The Morgan fingerprint density at radius 3 is 2.09 bits per heavy atom. The Labute approximate surface area is 190 Å². The standard InChI is InChI=1S/C27H33NO4/c1-5-14-28(27(24(29)30)17-26(3,4)15-18(27)2)25(31)32-16-23-21-12-8-6-10-19(21)20-11-7-9-13-22(20)23/h6-13,18,23H,5,14-17H2,1-4H3,(H,29,30). The van der Waals surface area contributed by atoms with Gasteiger partial charge in [-0.3, -0.25) is 4.90 Å². The molecule has 0 heterocycles. The zero-order valence-electron chi connectivity index (χ0n) is 19.4. The van der Waals surface area contributed by atoms with Crippen LogP contribution in [0.1, 0.15) is 64.0 Å². The van der Waals surface area contributed by atoms with Gasteiger partial charge in [0.15, 0.2) is 0 Å². The molecule has 5 heteroatoms. The normalized spacial score (nSPS) is 23.4. The highest BCUT2D eigenvalue weighted by Crippen LogP contribution is 2.51. The molecular formula is C27H33NO4. The molecule has 170 valence electrons. The Morgan fingerprint density at radius 1 is 1.06 bits per heavy atom. The van der Waals surface area contributed by atoms with Gasteiger partial charge in [-0.05, 0) is 52.8 Å².